The fraction of sp³-hybridized carbons (Fsp3) is 0.500. The standard InChI is InChI=1S/C14H20Cl2N2S/c1-14(2,3)18-8-10(13(17)19)6-9-4-5-11(15)12(16)7-9/h4-5,7,10,18H,6,8H2,1-3H3,(H2,17,19). The van der Waals surface area contributed by atoms with E-state index in [0.29, 0.717) is 15.0 Å². The molecule has 2 nitrogen and oxygen atoms in total. The van der Waals surface area contributed by atoms with Crippen molar-refractivity contribution in [3.63, 3.8) is 0 Å². The van der Waals surface area contributed by atoms with Crippen LogP contribution in [0.1, 0.15) is 26.3 Å². The summed E-state index contributed by atoms with van der Waals surface area (Å²) in [7, 11) is 0. The molecule has 0 saturated carbocycles. The number of hydrogen-bond donors (Lipinski definition) is 2. The lowest BCUT2D eigenvalue weighted by molar-refractivity contribution is 0.404. The number of nitrogens with two attached hydrogens (primary N) is 1. The van der Waals surface area contributed by atoms with E-state index in [9.17, 15) is 0 Å². The normalized spacial score (nSPS) is 13.3. The second-order valence-electron chi connectivity index (χ2n) is 5.68. The van der Waals surface area contributed by atoms with Crippen LogP contribution in [0.15, 0.2) is 18.2 Å². The molecule has 0 aromatic heterocycles. The molecule has 0 radical (unpaired) electrons. The Labute approximate surface area is 130 Å². The van der Waals surface area contributed by atoms with Crippen molar-refractivity contribution >= 4 is 40.4 Å². The maximum Gasteiger partial charge on any atom is 0.0774 e. The van der Waals surface area contributed by atoms with Crippen molar-refractivity contribution in [2.75, 3.05) is 6.54 Å². The summed E-state index contributed by atoms with van der Waals surface area (Å²) in [4.78, 5) is 0.517. The average Bonchev–Trinajstić information content (AvgIpc) is 2.27. The van der Waals surface area contributed by atoms with E-state index in [4.69, 9.17) is 41.2 Å². The van der Waals surface area contributed by atoms with Gasteiger partial charge in [-0.2, -0.15) is 0 Å². The highest BCUT2D eigenvalue weighted by atomic mass is 35.5. The van der Waals surface area contributed by atoms with Crippen LogP contribution < -0.4 is 11.1 Å². The van der Waals surface area contributed by atoms with Crippen LogP contribution in [0.3, 0.4) is 0 Å². The third-order valence-corrected chi connectivity index (χ3v) is 3.82. The van der Waals surface area contributed by atoms with Crippen molar-refractivity contribution in [2.45, 2.75) is 32.7 Å². The third kappa shape index (κ3) is 6.09. The molecule has 0 bridgehead atoms. The van der Waals surface area contributed by atoms with Gasteiger partial charge in [0, 0.05) is 18.0 Å². The SMILES string of the molecule is CC(C)(C)NCC(Cc1ccc(Cl)c(Cl)c1)C(N)=S. The third-order valence-electron chi connectivity index (χ3n) is 2.75. The van der Waals surface area contributed by atoms with E-state index in [1.165, 1.54) is 0 Å². The minimum atomic E-state index is 0.0423. The summed E-state index contributed by atoms with van der Waals surface area (Å²) in [6, 6.07) is 5.62. The Bertz CT molecular complexity index is 455. The molecule has 0 aliphatic carbocycles. The van der Waals surface area contributed by atoms with E-state index < -0.39 is 0 Å². The van der Waals surface area contributed by atoms with Gasteiger partial charge in [0.15, 0.2) is 0 Å². The quantitative estimate of drug-likeness (QED) is 0.810. The maximum atomic E-state index is 6.01. The zero-order valence-electron chi connectivity index (χ0n) is 11.5. The first-order valence-corrected chi connectivity index (χ1v) is 7.34. The first-order valence-electron chi connectivity index (χ1n) is 6.17. The van der Waals surface area contributed by atoms with E-state index in [2.05, 4.69) is 26.1 Å². The molecule has 1 aromatic rings. The molecule has 0 heterocycles. The Morgan fingerprint density at radius 3 is 2.42 bits per heavy atom. The van der Waals surface area contributed by atoms with Crippen molar-refractivity contribution in [2.24, 2.45) is 11.7 Å². The van der Waals surface area contributed by atoms with E-state index >= 15 is 0 Å². The minimum Gasteiger partial charge on any atom is -0.393 e. The Balaban J connectivity index is 2.73. The van der Waals surface area contributed by atoms with Crippen molar-refractivity contribution in [1.29, 1.82) is 0 Å². The summed E-state index contributed by atoms with van der Waals surface area (Å²) >= 11 is 17.1. The Hall–Kier alpha value is -0.350. The molecule has 3 N–H and O–H groups in total. The van der Waals surface area contributed by atoms with Gasteiger partial charge in [0.05, 0.1) is 15.0 Å². The summed E-state index contributed by atoms with van der Waals surface area (Å²) in [5, 5.41) is 4.54. The van der Waals surface area contributed by atoms with Gasteiger partial charge in [-0.05, 0) is 44.9 Å². The highest BCUT2D eigenvalue weighted by Crippen LogP contribution is 2.24. The lowest BCUT2D eigenvalue weighted by Gasteiger charge is -2.25. The Morgan fingerprint density at radius 1 is 1.32 bits per heavy atom. The largest absolute Gasteiger partial charge is 0.393 e. The smallest absolute Gasteiger partial charge is 0.0774 e. The summed E-state index contributed by atoms with van der Waals surface area (Å²) in [5.74, 6) is 0.103. The first kappa shape index (κ1) is 16.7. The van der Waals surface area contributed by atoms with Crippen molar-refractivity contribution in [3.05, 3.63) is 33.8 Å². The molecule has 0 saturated heterocycles. The van der Waals surface area contributed by atoms with Crippen molar-refractivity contribution < 1.29 is 0 Å². The maximum absolute atomic E-state index is 6.01. The predicted octanol–water partition coefficient (Wildman–Crippen LogP) is 3.83. The van der Waals surface area contributed by atoms with Crippen molar-refractivity contribution in [1.82, 2.24) is 5.32 Å². The number of halogens is 2. The highest BCUT2D eigenvalue weighted by molar-refractivity contribution is 7.80. The molecule has 1 rings (SSSR count). The Kier molecular flexibility index (Phi) is 6.06. The molecule has 19 heavy (non-hydrogen) atoms. The lowest BCUT2D eigenvalue weighted by Crippen LogP contribution is -2.42. The number of nitrogens with one attached hydrogen (secondary N) is 1. The molecule has 5 heteroatoms. The van der Waals surface area contributed by atoms with Gasteiger partial charge in [0.25, 0.3) is 0 Å². The number of benzene rings is 1. The van der Waals surface area contributed by atoms with Crippen LogP contribution in [0.2, 0.25) is 10.0 Å². The van der Waals surface area contributed by atoms with E-state index in [-0.39, 0.29) is 11.5 Å². The average molecular weight is 319 g/mol. The summed E-state index contributed by atoms with van der Waals surface area (Å²) in [6.45, 7) is 7.09. The predicted molar refractivity (Wildman–Crippen MR) is 88.2 cm³/mol. The fourth-order valence-corrected chi connectivity index (χ4v) is 2.14. The van der Waals surface area contributed by atoms with Gasteiger partial charge < -0.3 is 11.1 Å². The van der Waals surface area contributed by atoms with E-state index in [1.807, 2.05) is 12.1 Å². The van der Waals surface area contributed by atoms with Crippen molar-refractivity contribution in [3.8, 4) is 0 Å². The van der Waals surface area contributed by atoms with Gasteiger partial charge in [-0.15, -0.1) is 0 Å². The zero-order valence-corrected chi connectivity index (χ0v) is 13.8. The summed E-state index contributed by atoms with van der Waals surface area (Å²) in [5.41, 5.74) is 6.94. The molecule has 0 spiro atoms. The van der Waals surface area contributed by atoms with Gasteiger partial charge in [0.1, 0.15) is 0 Å². The lowest BCUT2D eigenvalue weighted by atomic mass is 9.98. The number of rotatable bonds is 5. The monoisotopic (exact) mass is 318 g/mol. The first-order chi connectivity index (χ1) is 8.69. The minimum absolute atomic E-state index is 0.0423. The molecule has 0 aliphatic rings. The molecular weight excluding hydrogens is 299 g/mol. The topological polar surface area (TPSA) is 38.0 Å². The second kappa shape index (κ2) is 6.89. The summed E-state index contributed by atoms with van der Waals surface area (Å²) in [6.07, 6.45) is 0.759. The van der Waals surface area contributed by atoms with E-state index in [0.717, 1.165) is 18.5 Å². The van der Waals surface area contributed by atoms with Crippen LogP contribution in [0, 0.1) is 5.92 Å². The molecule has 1 atom stereocenters. The molecule has 1 aromatic carbocycles. The van der Waals surface area contributed by atoms with Crippen LogP contribution >= 0.6 is 35.4 Å². The molecule has 1 unspecified atom stereocenters. The van der Waals surface area contributed by atoms with Crippen LogP contribution in [0.25, 0.3) is 0 Å². The molecule has 0 fully saturated rings. The fourth-order valence-electron chi connectivity index (χ4n) is 1.65. The van der Waals surface area contributed by atoms with Gasteiger partial charge in [0.2, 0.25) is 0 Å². The van der Waals surface area contributed by atoms with Crippen LogP contribution in [0.5, 0.6) is 0 Å². The summed E-state index contributed by atoms with van der Waals surface area (Å²) < 4.78 is 0. The molecular formula is C14H20Cl2N2S. The number of hydrogen-bond acceptors (Lipinski definition) is 2. The molecule has 106 valence electrons. The molecule has 0 amide bonds. The zero-order chi connectivity index (χ0) is 14.6. The van der Waals surface area contributed by atoms with Gasteiger partial charge in [-0.3, -0.25) is 0 Å². The Morgan fingerprint density at radius 2 is 1.95 bits per heavy atom. The second-order valence-corrected chi connectivity index (χ2v) is 6.97. The molecule has 0 aliphatic heterocycles. The number of thiocarbonyl (C=S) groups is 1. The van der Waals surface area contributed by atoms with Gasteiger partial charge in [-0.1, -0.05) is 41.5 Å². The van der Waals surface area contributed by atoms with Crippen LogP contribution in [-0.4, -0.2) is 17.1 Å². The van der Waals surface area contributed by atoms with Crippen LogP contribution in [-0.2, 0) is 6.42 Å². The van der Waals surface area contributed by atoms with E-state index in [1.54, 1.807) is 6.07 Å². The van der Waals surface area contributed by atoms with Crippen LogP contribution in [0.4, 0.5) is 0 Å². The highest BCUT2D eigenvalue weighted by Gasteiger charge is 2.17. The van der Waals surface area contributed by atoms with Gasteiger partial charge >= 0.3 is 0 Å². The van der Waals surface area contributed by atoms with Gasteiger partial charge in [-0.25, -0.2) is 0 Å².